The molecule has 0 radical (unpaired) electrons. The Morgan fingerprint density at radius 3 is 2.83 bits per heavy atom. The number of pyridine rings is 1. The first-order chi connectivity index (χ1) is 14.6. The summed E-state index contributed by atoms with van der Waals surface area (Å²) in [5.41, 5.74) is 3.06. The molecule has 4 rings (SSSR count). The number of hydrogen-bond acceptors (Lipinski definition) is 6. The molecule has 6 nitrogen and oxygen atoms in total. The number of aromatic nitrogens is 3. The lowest BCUT2D eigenvalue weighted by molar-refractivity contribution is 0.389. The number of rotatable bonds is 6. The smallest absolute Gasteiger partial charge is 0.325 e. The molecule has 2 aromatic heterocycles. The molecule has 0 saturated carbocycles. The molecule has 3 heterocycles. The molecule has 1 N–H and O–H groups in total. The van der Waals surface area contributed by atoms with Crippen LogP contribution in [0.4, 0.5) is 0 Å². The summed E-state index contributed by atoms with van der Waals surface area (Å²) in [5.74, 6) is 0.906. The van der Waals surface area contributed by atoms with Crippen LogP contribution >= 0.6 is 0 Å². The zero-order valence-electron chi connectivity index (χ0n) is 16.9. The SMILES string of the molecule is C=C/C(=C\C=C(/C)N1CCC(c2ccccc2)C1)Oc1nc(O)c2ccncc2n1. The quantitative estimate of drug-likeness (QED) is 0.483. The van der Waals surface area contributed by atoms with Crippen LogP contribution in [0.5, 0.6) is 11.9 Å². The lowest BCUT2D eigenvalue weighted by Crippen LogP contribution is -2.17. The molecule has 1 aliphatic heterocycles. The summed E-state index contributed by atoms with van der Waals surface area (Å²) in [6, 6.07) is 12.4. The predicted molar refractivity (Wildman–Crippen MR) is 117 cm³/mol. The molecular formula is C24H24N4O2. The van der Waals surface area contributed by atoms with Crippen LogP contribution in [0.3, 0.4) is 0 Å². The van der Waals surface area contributed by atoms with E-state index in [4.69, 9.17) is 4.74 Å². The summed E-state index contributed by atoms with van der Waals surface area (Å²) in [4.78, 5) is 14.7. The minimum atomic E-state index is -0.142. The third kappa shape index (κ3) is 4.33. The highest BCUT2D eigenvalue weighted by atomic mass is 16.5. The van der Waals surface area contributed by atoms with Crippen molar-refractivity contribution in [3.05, 3.63) is 90.6 Å². The van der Waals surface area contributed by atoms with E-state index in [1.165, 1.54) is 5.56 Å². The topological polar surface area (TPSA) is 71.4 Å². The minimum Gasteiger partial charge on any atom is -0.493 e. The first kappa shape index (κ1) is 19.6. The van der Waals surface area contributed by atoms with Crippen LogP contribution in [0.1, 0.15) is 24.8 Å². The van der Waals surface area contributed by atoms with Crippen LogP contribution in [-0.4, -0.2) is 38.0 Å². The van der Waals surface area contributed by atoms with Crippen LogP contribution < -0.4 is 4.74 Å². The Morgan fingerprint density at radius 2 is 2.03 bits per heavy atom. The number of nitrogens with zero attached hydrogens (tertiary/aromatic N) is 4. The van der Waals surface area contributed by atoms with Crippen molar-refractivity contribution in [2.24, 2.45) is 0 Å². The second-order valence-corrected chi connectivity index (χ2v) is 7.25. The Kier molecular flexibility index (Phi) is 5.75. The molecule has 1 atom stereocenters. The zero-order valence-corrected chi connectivity index (χ0v) is 16.9. The fourth-order valence-electron chi connectivity index (χ4n) is 3.62. The number of fused-ring (bicyclic) bond motifs is 1. The molecule has 6 heteroatoms. The van der Waals surface area contributed by atoms with Crippen molar-refractivity contribution < 1.29 is 9.84 Å². The number of ether oxygens (including phenoxy) is 1. The van der Waals surface area contributed by atoms with Gasteiger partial charge in [-0.3, -0.25) is 4.98 Å². The summed E-state index contributed by atoms with van der Waals surface area (Å²) in [6.45, 7) is 7.92. The maximum atomic E-state index is 10.1. The van der Waals surface area contributed by atoms with Gasteiger partial charge in [-0.25, -0.2) is 0 Å². The van der Waals surface area contributed by atoms with Gasteiger partial charge in [-0.1, -0.05) is 36.9 Å². The Labute approximate surface area is 175 Å². The van der Waals surface area contributed by atoms with E-state index in [0.29, 0.717) is 22.6 Å². The highest BCUT2D eigenvalue weighted by Crippen LogP contribution is 2.29. The van der Waals surface area contributed by atoms with Crippen molar-refractivity contribution in [3.8, 4) is 11.9 Å². The first-order valence-electron chi connectivity index (χ1n) is 9.93. The monoisotopic (exact) mass is 400 g/mol. The van der Waals surface area contributed by atoms with Crippen molar-refractivity contribution in [1.29, 1.82) is 0 Å². The summed E-state index contributed by atoms with van der Waals surface area (Å²) < 4.78 is 5.73. The zero-order chi connectivity index (χ0) is 20.9. The maximum Gasteiger partial charge on any atom is 0.325 e. The normalized spacial score (nSPS) is 17.4. The lowest BCUT2D eigenvalue weighted by Gasteiger charge is -2.19. The molecule has 0 spiro atoms. The van der Waals surface area contributed by atoms with Crippen LogP contribution in [0, 0.1) is 0 Å². The van der Waals surface area contributed by atoms with E-state index in [1.807, 2.05) is 12.2 Å². The molecule has 0 bridgehead atoms. The molecule has 30 heavy (non-hydrogen) atoms. The van der Waals surface area contributed by atoms with Crippen LogP contribution in [0.15, 0.2) is 85.1 Å². The van der Waals surface area contributed by atoms with Gasteiger partial charge in [-0.2, -0.15) is 9.97 Å². The van der Waals surface area contributed by atoms with Crippen molar-refractivity contribution >= 4 is 10.9 Å². The Balaban J connectivity index is 1.46. The number of benzene rings is 1. The van der Waals surface area contributed by atoms with E-state index in [-0.39, 0.29) is 11.9 Å². The van der Waals surface area contributed by atoms with E-state index in [2.05, 4.69) is 63.7 Å². The molecule has 1 unspecified atom stereocenters. The molecular weight excluding hydrogens is 376 g/mol. The van der Waals surface area contributed by atoms with Crippen molar-refractivity contribution in [2.75, 3.05) is 13.1 Å². The molecule has 3 aromatic rings. The van der Waals surface area contributed by atoms with Gasteiger partial charge in [0, 0.05) is 30.9 Å². The van der Waals surface area contributed by atoms with Gasteiger partial charge in [0.05, 0.1) is 17.1 Å². The Morgan fingerprint density at radius 1 is 1.20 bits per heavy atom. The van der Waals surface area contributed by atoms with Gasteiger partial charge in [0.15, 0.2) is 0 Å². The van der Waals surface area contributed by atoms with Crippen LogP contribution in [0.25, 0.3) is 10.9 Å². The van der Waals surface area contributed by atoms with Gasteiger partial charge in [-0.05, 0) is 43.2 Å². The first-order valence-corrected chi connectivity index (χ1v) is 9.93. The number of allylic oxidation sites excluding steroid dienone is 4. The Hall–Kier alpha value is -3.67. The van der Waals surface area contributed by atoms with Crippen molar-refractivity contribution in [2.45, 2.75) is 19.3 Å². The minimum absolute atomic E-state index is 0.0514. The molecule has 1 aliphatic rings. The molecule has 1 aromatic carbocycles. The fraction of sp³-hybridized carbons (Fsp3) is 0.208. The van der Waals surface area contributed by atoms with Crippen LogP contribution in [-0.2, 0) is 0 Å². The third-order valence-electron chi connectivity index (χ3n) is 5.32. The number of likely N-dealkylation sites (tertiary alicyclic amines) is 1. The maximum absolute atomic E-state index is 10.1. The van der Waals surface area contributed by atoms with E-state index >= 15 is 0 Å². The molecule has 152 valence electrons. The second kappa shape index (κ2) is 8.78. The molecule has 0 aliphatic carbocycles. The lowest BCUT2D eigenvalue weighted by atomic mass is 9.99. The molecule has 1 saturated heterocycles. The summed E-state index contributed by atoms with van der Waals surface area (Å²) >= 11 is 0. The summed E-state index contributed by atoms with van der Waals surface area (Å²) in [7, 11) is 0. The van der Waals surface area contributed by atoms with Crippen molar-refractivity contribution in [3.63, 3.8) is 0 Å². The van der Waals surface area contributed by atoms with Gasteiger partial charge in [0.2, 0.25) is 5.88 Å². The number of hydrogen-bond donors (Lipinski definition) is 1. The van der Waals surface area contributed by atoms with Gasteiger partial charge >= 0.3 is 6.01 Å². The van der Waals surface area contributed by atoms with Crippen LogP contribution in [0.2, 0.25) is 0 Å². The highest BCUT2D eigenvalue weighted by Gasteiger charge is 2.23. The van der Waals surface area contributed by atoms with Gasteiger partial charge in [0.25, 0.3) is 0 Å². The average Bonchev–Trinajstić information content (AvgIpc) is 3.27. The van der Waals surface area contributed by atoms with E-state index in [0.717, 1.165) is 25.2 Å². The fourth-order valence-corrected chi connectivity index (χ4v) is 3.62. The van der Waals surface area contributed by atoms with Gasteiger partial charge in [0.1, 0.15) is 5.76 Å². The Bertz CT molecular complexity index is 1110. The predicted octanol–water partition coefficient (Wildman–Crippen LogP) is 4.57. The third-order valence-corrected chi connectivity index (χ3v) is 5.32. The summed E-state index contributed by atoms with van der Waals surface area (Å²) in [6.07, 6.45) is 9.71. The van der Waals surface area contributed by atoms with E-state index in [9.17, 15) is 5.11 Å². The average molecular weight is 400 g/mol. The van der Waals surface area contributed by atoms with E-state index in [1.54, 1.807) is 24.5 Å². The van der Waals surface area contributed by atoms with Crippen molar-refractivity contribution in [1.82, 2.24) is 19.9 Å². The molecule has 0 amide bonds. The van der Waals surface area contributed by atoms with Gasteiger partial charge in [-0.15, -0.1) is 0 Å². The van der Waals surface area contributed by atoms with Gasteiger partial charge < -0.3 is 14.7 Å². The van der Waals surface area contributed by atoms with E-state index < -0.39 is 0 Å². The molecule has 1 fully saturated rings. The highest BCUT2D eigenvalue weighted by molar-refractivity contribution is 5.82. The summed E-state index contributed by atoms with van der Waals surface area (Å²) in [5, 5.41) is 10.6. The standard InChI is InChI=1S/C24H24N4O2/c1-3-20(30-24-26-22-15-25-13-11-21(22)23(29)27-24)10-9-17(2)28-14-12-19(16-28)18-7-5-4-6-8-18/h3-11,13,15,19H,1,12,14,16H2,2H3,(H,26,27,29)/b17-9+,20-10+. The second-order valence-electron chi connectivity index (χ2n) is 7.25. The number of aromatic hydroxyl groups is 1. The largest absolute Gasteiger partial charge is 0.493 e.